The Bertz CT molecular complexity index is 161. The molecular weight excluding hydrogens is 164 g/mol. The van der Waals surface area contributed by atoms with Crippen LogP contribution in [0.15, 0.2) is 0 Å². The van der Waals surface area contributed by atoms with E-state index >= 15 is 0 Å². The van der Waals surface area contributed by atoms with E-state index in [9.17, 15) is 4.79 Å². The van der Waals surface area contributed by atoms with Gasteiger partial charge in [0, 0.05) is 6.54 Å². The molecule has 1 fully saturated rings. The molecule has 1 heterocycles. The fourth-order valence-electron chi connectivity index (χ4n) is 1.15. The van der Waals surface area contributed by atoms with Crippen molar-refractivity contribution in [2.24, 2.45) is 0 Å². The van der Waals surface area contributed by atoms with Crippen molar-refractivity contribution in [3.05, 3.63) is 0 Å². The first-order valence-electron chi connectivity index (χ1n) is 3.53. The van der Waals surface area contributed by atoms with Crippen LogP contribution in [0, 0.1) is 0 Å². The van der Waals surface area contributed by atoms with E-state index in [0.717, 1.165) is 13.0 Å². The average molecular weight is 179 g/mol. The Morgan fingerprint density at radius 3 is 2.27 bits per heavy atom. The van der Waals surface area contributed by atoms with Gasteiger partial charge >= 0.3 is 0 Å². The largest absolute Gasteiger partial charge is 0.354 e. The Hall–Kier alpha value is -0.280. The van der Waals surface area contributed by atoms with Crippen molar-refractivity contribution in [3.8, 4) is 0 Å². The van der Waals surface area contributed by atoms with Crippen molar-refractivity contribution >= 4 is 18.3 Å². The van der Waals surface area contributed by atoms with Gasteiger partial charge in [0.05, 0.1) is 5.54 Å². The maximum atomic E-state index is 11.2. The number of hydrogen-bond acceptors (Lipinski definition) is 2. The molecule has 4 heteroatoms. The van der Waals surface area contributed by atoms with Crippen molar-refractivity contribution in [3.63, 3.8) is 0 Å². The molecule has 1 aliphatic heterocycles. The highest BCUT2D eigenvalue weighted by Crippen LogP contribution is 2.20. The van der Waals surface area contributed by atoms with Gasteiger partial charge in [0.15, 0.2) is 0 Å². The molecular formula is C7H15ClN2O. The number of carbonyl (C=O) groups is 1. The molecule has 11 heavy (non-hydrogen) atoms. The van der Waals surface area contributed by atoms with E-state index in [1.807, 2.05) is 25.9 Å². The van der Waals surface area contributed by atoms with Gasteiger partial charge in [-0.2, -0.15) is 0 Å². The Morgan fingerprint density at radius 1 is 1.55 bits per heavy atom. The zero-order valence-electron chi connectivity index (χ0n) is 7.18. The standard InChI is InChI=1S/C7H14N2O.ClH/c1-7(9(2)3)4-5-8-6(7)10;/h4-5H2,1-3H3,(H,8,10);1H. The second-order valence-corrected chi connectivity index (χ2v) is 3.17. The SMILES string of the molecule is CN(C)C1(C)CCNC1=O.Cl. The fraction of sp³-hybridized carbons (Fsp3) is 0.857. The molecule has 0 aromatic heterocycles. The Morgan fingerprint density at radius 2 is 2.09 bits per heavy atom. The molecule has 1 unspecified atom stereocenters. The van der Waals surface area contributed by atoms with Crippen LogP contribution in [-0.4, -0.2) is 37.0 Å². The summed E-state index contributed by atoms with van der Waals surface area (Å²) in [6.45, 7) is 2.78. The smallest absolute Gasteiger partial charge is 0.240 e. The third-order valence-corrected chi connectivity index (χ3v) is 2.37. The quantitative estimate of drug-likeness (QED) is 0.625. The van der Waals surface area contributed by atoms with Crippen LogP contribution >= 0.6 is 12.4 Å². The lowest BCUT2D eigenvalue weighted by molar-refractivity contribution is -0.127. The van der Waals surface area contributed by atoms with Gasteiger partial charge in [-0.3, -0.25) is 9.69 Å². The van der Waals surface area contributed by atoms with Crippen LogP contribution in [0.4, 0.5) is 0 Å². The molecule has 0 aromatic rings. The summed E-state index contributed by atoms with van der Waals surface area (Å²) in [5.41, 5.74) is -0.264. The molecule has 0 spiro atoms. The third kappa shape index (κ3) is 1.65. The van der Waals surface area contributed by atoms with Gasteiger partial charge in [0.25, 0.3) is 0 Å². The van der Waals surface area contributed by atoms with E-state index in [2.05, 4.69) is 5.32 Å². The number of hydrogen-bond donors (Lipinski definition) is 1. The van der Waals surface area contributed by atoms with E-state index in [1.54, 1.807) is 0 Å². The summed E-state index contributed by atoms with van der Waals surface area (Å²) in [5.74, 6) is 0.150. The lowest BCUT2D eigenvalue weighted by atomic mass is 10.00. The highest BCUT2D eigenvalue weighted by molar-refractivity contribution is 5.87. The van der Waals surface area contributed by atoms with Crippen LogP contribution in [0.25, 0.3) is 0 Å². The minimum atomic E-state index is -0.264. The number of likely N-dealkylation sites (N-methyl/N-ethyl adjacent to an activating group) is 1. The number of nitrogens with one attached hydrogen (secondary N) is 1. The van der Waals surface area contributed by atoms with Crippen molar-refractivity contribution in [1.29, 1.82) is 0 Å². The van der Waals surface area contributed by atoms with E-state index in [4.69, 9.17) is 0 Å². The average Bonchev–Trinajstić information content (AvgIpc) is 2.15. The molecule has 0 aromatic carbocycles. The highest BCUT2D eigenvalue weighted by atomic mass is 35.5. The molecule has 66 valence electrons. The minimum absolute atomic E-state index is 0. The molecule has 0 saturated carbocycles. The second kappa shape index (κ2) is 3.41. The summed E-state index contributed by atoms with van der Waals surface area (Å²) < 4.78 is 0. The lowest BCUT2D eigenvalue weighted by Crippen LogP contribution is -2.47. The molecule has 1 rings (SSSR count). The Labute approximate surface area is 73.5 Å². The van der Waals surface area contributed by atoms with Crippen molar-refractivity contribution in [2.45, 2.75) is 18.9 Å². The van der Waals surface area contributed by atoms with Crippen LogP contribution in [0.2, 0.25) is 0 Å². The van der Waals surface area contributed by atoms with Gasteiger partial charge in [0.1, 0.15) is 0 Å². The van der Waals surface area contributed by atoms with E-state index in [1.165, 1.54) is 0 Å². The molecule has 3 nitrogen and oxygen atoms in total. The van der Waals surface area contributed by atoms with Gasteiger partial charge in [-0.1, -0.05) is 0 Å². The molecule has 0 radical (unpaired) electrons. The topological polar surface area (TPSA) is 32.3 Å². The summed E-state index contributed by atoms with van der Waals surface area (Å²) >= 11 is 0. The predicted molar refractivity (Wildman–Crippen MR) is 47.0 cm³/mol. The first-order valence-corrected chi connectivity index (χ1v) is 3.53. The molecule has 1 atom stereocenters. The molecule has 1 N–H and O–H groups in total. The van der Waals surface area contributed by atoms with Crippen LogP contribution in [0.1, 0.15) is 13.3 Å². The normalized spacial score (nSPS) is 30.0. The van der Waals surface area contributed by atoms with E-state index in [-0.39, 0.29) is 23.9 Å². The summed E-state index contributed by atoms with van der Waals surface area (Å²) in [7, 11) is 3.87. The predicted octanol–water partition coefficient (Wildman–Crippen LogP) is 0.248. The molecule has 1 amide bonds. The third-order valence-electron chi connectivity index (χ3n) is 2.37. The summed E-state index contributed by atoms with van der Waals surface area (Å²) in [6.07, 6.45) is 0.916. The van der Waals surface area contributed by atoms with Crippen LogP contribution in [0.3, 0.4) is 0 Å². The van der Waals surface area contributed by atoms with Gasteiger partial charge in [-0.25, -0.2) is 0 Å². The van der Waals surface area contributed by atoms with Crippen molar-refractivity contribution < 1.29 is 4.79 Å². The number of nitrogens with zero attached hydrogens (tertiary/aromatic N) is 1. The van der Waals surface area contributed by atoms with E-state index < -0.39 is 0 Å². The zero-order valence-corrected chi connectivity index (χ0v) is 7.99. The van der Waals surface area contributed by atoms with Crippen LogP contribution in [0.5, 0.6) is 0 Å². The van der Waals surface area contributed by atoms with Crippen molar-refractivity contribution in [2.75, 3.05) is 20.6 Å². The Balaban J connectivity index is 0.000001000. The fourth-order valence-corrected chi connectivity index (χ4v) is 1.15. The zero-order chi connectivity index (χ0) is 7.78. The van der Waals surface area contributed by atoms with Gasteiger partial charge in [-0.05, 0) is 27.4 Å². The van der Waals surface area contributed by atoms with Gasteiger partial charge < -0.3 is 5.32 Å². The lowest BCUT2D eigenvalue weighted by Gasteiger charge is -2.28. The Kier molecular flexibility index (Phi) is 3.32. The van der Waals surface area contributed by atoms with Crippen molar-refractivity contribution in [1.82, 2.24) is 10.2 Å². The molecule has 0 aliphatic carbocycles. The highest BCUT2D eigenvalue weighted by Gasteiger charge is 2.39. The summed E-state index contributed by atoms with van der Waals surface area (Å²) in [6, 6.07) is 0. The maximum absolute atomic E-state index is 11.2. The van der Waals surface area contributed by atoms with Crippen LogP contribution < -0.4 is 5.32 Å². The molecule has 1 saturated heterocycles. The van der Waals surface area contributed by atoms with Gasteiger partial charge in [-0.15, -0.1) is 12.4 Å². The number of rotatable bonds is 1. The molecule has 1 aliphatic rings. The van der Waals surface area contributed by atoms with Gasteiger partial charge in [0.2, 0.25) is 5.91 Å². The van der Waals surface area contributed by atoms with Crippen LogP contribution in [-0.2, 0) is 4.79 Å². The molecule has 0 bridgehead atoms. The maximum Gasteiger partial charge on any atom is 0.240 e. The first-order chi connectivity index (χ1) is 4.57. The number of halogens is 1. The monoisotopic (exact) mass is 178 g/mol. The van der Waals surface area contributed by atoms with E-state index in [0.29, 0.717) is 0 Å². The second-order valence-electron chi connectivity index (χ2n) is 3.17. The first kappa shape index (κ1) is 10.7. The number of carbonyl (C=O) groups excluding carboxylic acids is 1. The summed E-state index contributed by atoms with van der Waals surface area (Å²) in [4.78, 5) is 13.2. The number of amides is 1. The summed E-state index contributed by atoms with van der Waals surface area (Å²) in [5, 5.41) is 2.81. The minimum Gasteiger partial charge on any atom is -0.354 e.